The molecule has 1 amide bonds. The van der Waals surface area contributed by atoms with Crippen molar-refractivity contribution in [1.82, 2.24) is 0 Å². The van der Waals surface area contributed by atoms with Gasteiger partial charge in [0.2, 0.25) is 0 Å². The summed E-state index contributed by atoms with van der Waals surface area (Å²) in [6.45, 7) is 0. The Morgan fingerprint density at radius 1 is 0.958 bits per heavy atom. The first-order valence-electron chi connectivity index (χ1n) is 7.29. The van der Waals surface area contributed by atoms with Gasteiger partial charge in [-0.05, 0) is 59.0 Å². The standard InChI is InChI=1S/C19H11ClINO2/c20-16-8-5-11(21)9-15(16)19(23)22-12-6-7-14-13-3-1-2-4-17(13)24-18(14)10-12/h1-10H,(H,22,23). The molecule has 3 aromatic carbocycles. The van der Waals surface area contributed by atoms with E-state index in [2.05, 4.69) is 27.9 Å². The Kier molecular flexibility index (Phi) is 3.94. The molecule has 0 atom stereocenters. The minimum atomic E-state index is -0.242. The number of anilines is 1. The number of carbonyl (C=O) groups excluding carboxylic acids is 1. The van der Waals surface area contributed by atoms with Gasteiger partial charge in [0.15, 0.2) is 0 Å². The van der Waals surface area contributed by atoms with E-state index in [0.29, 0.717) is 16.3 Å². The number of fused-ring (bicyclic) bond motifs is 3. The van der Waals surface area contributed by atoms with E-state index in [-0.39, 0.29) is 5.91 Å². The maximum absolute atomic E-state index is 12.5. The van der Waals surface area contributed by atoms with Crippen LogP contribution in [0.2, 0.25) is 5.02 Å². The predicted octanol–water partition coefficient (Wildman–Crippen LogP) is 6.10. The zero-order valence-corrected chi connectivity index (χ0v) is 15.3. The van der Waals surface area contributed by atoms with Gasteiger partial charge < -0.3 is 9.73 Å². The summed E-state index contributed by atoms with van der Waals surface area (Å²) in [5.41, 5.74) is 2.69. The molecule has 118 valence electrons. The Hall–Kier alpha value is -2.05. The molecule has 0 unspecified atom stereocenters. The molecule has 0 radical (unpaired) electrons. The van der Waals surface area contributed by atoms with Crippen LogP contribution in [0.3, 0.4) is 0 Å². The van der Waals surface area contributed by atoms with Crippen molar-refractivity contribution in [2.45, 2.75) is 0 Å². The molecule has 0 saturated heterocycles. The molecule has 5 heteroatoms. The van der Waals surface area contributed by atoms with Crippen molar-refractivity contribution < 1.29 is 9.21 Å². The van der Waals surface area contributed by atoms with Crippen LogP contribution in [0.15, 0.2) is 65.1 Å². The van der Waals surface area contributed by atoms with E-state index in [0.717, 1.165) is 25.5 Å². The first kappa shape index (κ1) is 15.5. The number of halogens is 2. The summed E-state index contributed by atoms with van der Waals surface area (Å²) in [5, 5.41) is 5.39. The van der Waals surface area contributed by atoms with Crippen LogP contribution in [0.5, 0.6) is 0 Å². The fraction of sp³-hybridized carbons (Fsp3) is 0. The van der Waals surface area contributed by atoms with Crippen LogP contribution in [0, 0.1) is 3.57 Å². The van der Waals surface area contributed by atoms with Gasteiger partial charge in [-0.3, -0.25) is 4.79 Å². The van der Waals surface area contributed by atoms with Gasteiger partial charge >= 0.3 is 0 Å². The van der Waals surface area contributed by atoms with Crippen molar-refractivity contribution in [2.24, 2.45) is 0 Å². The normalized spacial score (nSPS) is 11.1. The highest BCUT2D eigenvalue weighted by molar-refractivity contribution is 14.1. The summed E-state index contributed by atoms with van der Waals surface area (Å²) in [4.78, 5) is 12.5. The molecule has 0 bridgehead atoms. The van der Waals surface area contributed by atoms with Crippen LogP contribution in [0.1, 0.15) is 10.4 Å². The van der Waals surface area contributed by atoms with E-state index in [1.807, 2.05) is 48.5 Å². The Bertz CT molecular complexity index is 1090. The maximum atomic E-state index is 12.5. The van der Waals surface area contributed by atoms with E-state index in [9.17, 15) is 4.79 Å². The van der Waals surface area contributed by atoms with E-state index in [4.69, 9.17) is 16.0 Å². The zero-order chi connectivity index (χ0) is 16.7. The Morgan fingerprint density at radius 2 is 1.75 bits per heavy atom. The predicted molar refractivity (Wildman–Crippen MR) is 106 cm³/mol. The number of para-hydroxylation sites is 1. The SMILES string of the molecule is O=C(Nc1ccc2c(c1)oc1ccccc12)c1cc(I)ccc1Cl. The van der Waals surface area contributed by atoms with Crippen molar-refractivity contribution in [3.63, 3.8) is 0 Å². The number of amides is 1. The van der Waals surface area contributed by atoms with Crippen LogP contribution >= 0.6 is 34.2 Å². The molecule has 1 heterocycles. The monoisotopic (exact) mass is 447 g/mol. The summed E-state index contributed by atoms with van der Waals surface area (Å²) in [6.07, 6.45) is 0. The Balaban J connectivity index is 1.70. The molecule has 0 fully saturated rings. The summed E-state index contributed by atoms with van der Waals surface area (Å²) >= 11 is 8.28. The third kappa shape index (κ3) is 2.76. The molecule has 0 aliphatic rings. The molecule has 3 nitrogen and oxygen atoms in total. The first-order chi connectivity index (χ1) is 11.6. The number of benzene rings is 3. The first-order valence-corrected chi connectivity index (χ1v) is 8.75. The smallest absolute Gasteiger partial charge is 0.257 e. The Morgan fingerprint density at radius 3 is 2.62 bits per heavy atom. The molecular weight excluding hydrogens is 437 g/mol. The van der Waals surface area contributed by atoms with Gasteiger partial charge in [0, 0.05) is 26.1 Å². The third-order valence-electron chi connectivity index (χ3n) is 3.81. The lowest BCUT2D eigenvalue weighted by Gasteiger charge is -2.07. The molecule has 0 aliphatic carbocycles. The number of nitrogens with one attached hydrogen (secondary N) is 1. The van der Waals surface area contributed by atoms with E-state index >= 15 is 0 Å². The second kappa shape index (κ2) is 6.11. The molecule has 24 heavy (non-hydrogen) atoms. The molecule has 1 aromatic heterocycles. The summed E-state index contributed by atoms with van der Waals surface area (Å²) in [5.74, 6) is -0.242. The maximum Gasteiger partial charge on any atom is 0.257 e. The van der Waals surface area contributed by atoms with E-state index in [1.54, 1.807) is 12.1 Å². The molecule has 4 rings (SSSR count). The van der Waals surface area contributed by atoms with Crippen LogP contribution in [0.25, 0.3) is 21.9 Å². The highest BCUT2D eigenvalue weighted by Gasteiger charge is 2.13. The average molecular weight is 448 g/mol. The van der Waals surface area contributed by atoms with Gasteiger partial charge in [0.25, 0.3) is 5.91 Å². The van der Waals surface area contributed by atoms with E-state index in [1.165, 1.54) is 0 Å². The van der Waals surface area contributed by atoms with Gasteiger partial charge in [-0.1, -0.05) is 29.8 Å². The van der Waals surface area contributed by atoms with Gasteiger partial charge in [0.05, 0.1) is 10.6 Å². The van der Waals surface area contributed by atoms with Gasteiger partial charge in [-0.2, -0.15) is 0 Å². The zero-order valence-electron chi connectivity index (χ0n) is 12.3. The lowest BCUT2D eigenvalue weighted by atomic mass is 10.1. The quantitative estimate of drug-likeness (QED) is 0.378. The molecule has 0 aliphatic heterocycles. The average Bonchev–Trinajstić information content (AvgIpc) is 2.94. The third-order valence-corrected chi connectivity index (χ3v) is 4.81. The summed E-state index contributed by atoms with van der Waals surface area (Å²) in [7, 11) is 0. The number of rotatable bonds is 2. The molecule has 0 spiro atoms. The number of hydrogen-bond acceptors (Lipinski definition) is 2. The van der Waals surface area contributed by atoms with Crippen molar-refractivity contribution in [3.05, 3.63) is 74.8 Å². The highest BCUT2D eigenvalue weighted by Crippen LogP contribution is 2.30. The van der Waals surface area contributed by atoms with Crippen LogP contribution in [-0.4, -0.2) is 5.91 Å². The van der Waals surface area contributed by atoms with Crippen LogP contribution in [0.4, 0.5) is 5.69 Å². The topological polar surface area (TPSA) is 42.2 Å². The fourth-order valence-corrected chi connectivity index (χ4v) is 3.37. The number of furan rings is 1. The summed E-state index contributed by atoms with van der Waals surface area (Å²) < 4.78 is 6.80. The molecule has 0 saturated carbocycles. The van der Waals surface area contributed by atoms with Gasteiger partial charge in [0.1, 0.15) is 11.2 Å². The van der Waals surface area contributed by atoms with E-state index < -0.39 is 0 Å². The molecule has 4 aromatic rings. The van der Waals surface area contributed by atoms with Crippen molar-refractivity contribution >= 4 is 67.7 Å². The second-order valence-corrected chi connectivity index (χ2v) is 7.04. The van der Waals surface area contributed by atoms with Crippen molar-refractivity contribution in [1.29, 1.82) is 0 Å². The minimum Gasteiger partial charge on any atom is -0.456 e. The lowest BCUT2D eigenvalue weighted by Crippen LogP contribution is -2.12. The highest BCUT2D eigenvalue weighted by atomic mass is 127. The van der Waals surface area contributed by atoms with Gasteiger partial charge in [-0.15, -0.1) is 0 Å². The number of carbonyl (C=O) groups is 1. The van der Waals surface area contributed by atoms with Crippen LogP contribution in [-0.2, 0) is 0 Å². The van der Waals surface area contributed by atoms with Crippen molar-refractivity contribution in [2.75, 3.05) is 5.32 Å². The Labute approximate surface area is 156 Å². The largest absolute Gasteiger partial charge is 0.456 e. The lowest BCUT2D eigenvalue weighted by molar-refractivity contribution is 0.102. The minimum absolute atomic E-state index is 0.242. The molecule has 1 N–H and O–H groups in total. The van der Waals surface area contributed by atoms with Gasteiger partial charge in [-0.25, -0.2) is 0 Å². The summed E-state index contributed by atoms with van der Waals surface area (Å²) in [6, 6.07) is 18.9. The van der Waals surface area contributed by atoms with Crippen LogP contribution < -0.4 is 5.32 Å². The fourth-order valence-electron chi connectivity index (χ4n) is 2.67. The second-order valence-electron chi connectivity index (χ2n) is 5.39. The van der Waals surface area contributed by atoms with Crippen molar-refractivity contribution in [3.8, 4) is 0 Å². The number of hydrogen-bond donors (Lipinski definition) is 1. The molecular formula is C19H11ClINO2.